The maximum atomic E-state index is 8.79. The predicted octanol–water partition coefficient (Wildman–Crippen LogP) is 1.80. The minimum atomic E-state index is 0.110. The first-order chi connectivity index (χ1) is 8.28. The molecule has 0 aliphatic rings. The average Bonchev–Trinajstić information content (AvgIpc) is 2.75. The van der Waals surface area contributed by atoms with Gasteiger partial charge in [-0.1, -0.05) is 29.8 Å². The van der Waals surface area contributed by atoms with Gasteiger partial charge in [-0.3, -0.25) is 4.68 Å². The van der Waals surface area contributed by atoms with E-state index in [0.717, 1.165) is 12.2 Å². The molecule has 1 heterocycles. The van der Waals surface area contributed by atoms with E-state index >= 15 is 0 Å². The van der Waals surface area contributed by atoms with Crippen LogP contribution in [0.3, 0.4) is 0 Å². The van der Waals surface area contributed by atoms with Crippen molar-refractivity contribution < 1.29 is 5.11 Å². The van der Waals surface area contributed by atoms with Crippen LogP contribution in [0.4, 0.5) is 5.69 Å². The van der Waals surface area contributed by atoms with Gasteiger partial charge in [0.05, 0.1) is 25.0 Å². The summed E-state index contributed by atoms with van der Waals surface area (Å²) in [5.74, 6) is 0. The molecule has 0 amide bonds. The number of benzene rings is 1. The molecule has 90 valence electrons. The number of aliphatic hydroxyl groups excluding tert-OH is 1. The zero-order valence-electron chi connectivity index (χ0n) is 9.93. The summed E-state index contributed by atoms with van der Waals surface area (Å²) >= 11 is 0. The molecule has 0 spiro atoms. The van der Waals surface area contributed by atoms with Gasteiger partial charge in [0.15, 0.2) is 0 Å². The van der Waals surface area contributed by atoms with Crippen LogP contribution in [-0.4, -0.2) is 21.5 Å². The fraction of sp³-hybridized carbons (Fsp3) is 0.308. The molecule has 4 heteroatoms. The van der Waals surface area contributed by atoms with E-state index in [-0.39, 0.29) is 6.61 Å². The van der Waals surface area contributed by atoms with Gasteiger partial charge in [0.2, 0.25) is 0 Å². The number of hydrogen-bond donors (Lipinski definition) is 2. The summed E-state index contributed by atoms with van der Waals surface area (Å²) in [6, 6.07) is 8.40. The first kappa shape index (κ1) is 11.7. The molecular formula is C13H17N3O. The van der Waals surface area contributed by atoms with Crippen molar-refractivity contribution in [3.8, 4) is 0 Å². The van der Waals surface area contributed by atoms with Gasteiger partial charge >= 0.3 is 0 Å². The van der Waals surface area contributed by atoms with Crippen LogP contribution in [0.1, 0.15) is 11.1 Å². The van der Waals surface area contributed by atoms with Gasteiger partial charge in [-0.2, -0.15) is 5.10 Å². The number of hydrogen-bond acceptors (Lipinski definition) is 3. The lowest BCUT2D eigenvalue weighted by Gasteiger charge is -2.04. The van der Waals surface area contributed by atoms with Gasteiger partial charge in [-0.15, -0.1) is 0 Å². The molecule has 1 aromatic carbocycles. The zero-order chi connectivity index (χ0) is 12.1. The minimum Gasteiger partial charge on any atom is -0.394 e. The highest BCUT2D eigenvalue weighted by Gasteiger charge is 1.98. The van der Waals surface area contributed by atoms with Crippen LogP contribution in [0, 0.1) is 6.92 Å². The minimum absolute atomic E-state index is 0.110. The van der Waals surface area contributed by atoms with Gasteiger partial charge in [-0.25, -0.2) is 0 Å². The Morgan fingerprint density at radius 3 is 3.06 bits per heavy atom. The molecule has 0 radical (unpaired) electrons. The monoisotopic (exact) mass is 231 g/mol. The lowest BCUT2D eigenvalue weighted by atomic mass is 10.1. The zero-order valence-corrected chi connectivity index (χ0v) is 9.93. The van der Waals surface area contributed by atoms with Crippen LogP contribution in [0.15, 0.2) is 36.7 Å². The van der Waals surface area contributed by atoms with E-state index in [9.17, 15) is 0 Å². The lowest BCUT2D eigenvalue weighted by Crippen LogP contribution is -2.02. The third-order valence-electron chi connectivity index (χ3n) is 2.54. The van der Waals surface area contributed by atoms with E-state index in [1.54, 1.807) is 10.9 Å². The van der Waals surface area contributed by atoms with Gasteiger partial charge < -0.3 is 10.4 Å². The molecule has 0 saturated heterocycles. The second kappa shape index (κ2) is 5.50. The first-order valence-corrected chi connectivity index (χ1v) is 5.70. The van der Waals surface area contributed by atoms with E-state index in [4.69, 9.17) is 5.11 Å². The predicted molar refractivity (Wildman–Crippen MR) is 67.8 cm³/mol. The van der Waals surface area contributed by atoms with Crippen molar-refractivity contribution in [2.75, 3.05) is 11.9 Å². The number of aromatic nitrogens is 2. The van der Waals surface area contributed by atoms with Crippen LogP contribution in [0.2, 0.25) is 0 Å². The van der Waals surface area contributed by atoms with Gasteiger partial charge in [0, 0.05) is 12.7 Å². The smallest absolute Gasteiger partial charge is 0.0729 e. The van der Waals surface area contributed by atoms with E-state index in [2.05, 4.69) is 41.6 Å². The Balaban J connectivity index is 1.93. The molecule has 0 fully saturated rings. The number of nitrogens with one attached hydrogen (secondary N) is 1. The molecular weight excluding hydrogens is 214 g/mol. The molecule has 2 rings (SSSR count). The number of anilines is 1. The van der Waals surface area contributed by atoms with Gasteiger partial charge in [0.1, 0.15) is 0 Å². The standard InChI is InChI=1S/C13H17N3O/c1-11-3-2-4-12(7-11)8-14-13-9-15-16(10-13)5-6-17/h2-4,7,9-10,14,17H,5-6,8H2,1H3. The summed E-state index contributed by atoms with van der Waals surface area (Å²) in [5.41, 5.74) is 3.49. The van der Waals surface area contributed by atoms with Crippen molar-refractivity contribution in [2.45, 2.75) is 20.0 Å². The van der Waals surface area contributed by atoms with Crippen molar-refractivity contribution in [1.82, 2.24) is 9.78 Å². The molecule has 0 bridgehead atoms. The van der Waals surface area contributed by atoms with Crippen LogP contribution in [-0.2, 0) is 13.1 Å². The SMILES string of the molecule is Cc1cccc(CNc2cnn(CCO)c2)c1. The van der Waals surface area contributed by atoms with Gasteiger partial charge in [-0.05, 0) is 12.5 Å². The second-order valence-electron chi connectivity index (χ2n) is 4.06. The van der Waals surface area contributed by atoms with Crippen molar-refractivity contribution in [3.63, 3.8) is 0 Å². The molecule has 4 nitrogen and oxygen atoms in total. The molecule has 17 heavy (non-hydrogen) atoms. The Morgan fingerprint density at radius 1 is 1.41 bits per heavy atom. The molecule has 2 N–H and O–H groups in total. The highest BCUT2D eigenvalue weighted by atomic mass is 16.3. The lowest BCUT2D eigenvalue weighted by molar-refractivity contribution is 0.269. The largest absolute Gasteiger partial charge is 0.394 e. The summed E-state index contributed by atoms with van der Waals surface area (Å²) in [6.45, 7) is 3.51. The number of aliphatic hydroxyl groups is 1. The second-order valence-corrected chi connectivity index (χ2v) is 4.06. The molecule has 1 aromatic heterocycles. The molecule has 0 aliphatic heterocycles. The highest BCUT2D eigenvalue weighted by Crippen LogP contribution is 2.09. The van der Waals surface area contributed by atoms with Gasteiger partial charge in [0.25, 0.3) is 0 Å². The summed E-state index contributed by atoms with van der Waals surface area (Å²) in [4.78, 5) is 0. The van der Waals surface area contributed by atoms with Crippen molar-refractivity contribution >= 4 is 5.69 Å². The van der Waals surface area contributed by atoms with Crippen LogP contribution in [0.5, 0.6) is 0 Å². The fourth-order valence-electron chi connectivity index (χ4n) is 1.71. The third kappa shape index (κ3) is 3.32. The average molecular weight is 231 g/mol. The van der Waals surface area contributed by atoms with E-state index in [1.165, 1.54) is 11.1 Å². The van der Waals surface area contributed by atoms with Crippen LogP contribution < -0.4 is 5.32 Å². The molecule has 2 aromatic rings. The van der Waals surface area contributed by atoms with Crippen LogP contribution >= 0.6 is 0 Å². The molecule has 0 aliphatic carbocycles. The fourth-order valence-corrected chi connectivity index (χ4v) is 1.71. The maximum Gasteiger partial charge on any atom is 0.0729 e. The first-order valence-electron chi connectivity index (χ1n) is 5.70. The Morgan fingerprint density at radius 2 is 2.29 bits per heavy atom. The summed E-state index contributed by atoms with van der Waals surface area (Å²) < 4.78 is 1.72. The number of aryl methyl sites for hydroxylation is 1. The van der Waals surface area contributed by atoms with E-state index in [0.29, 0.717) is 6.54 Å². The summed E-state index contributed by atoms with van der Waals surface area (Å²) in [6.07, 6.45) is 3.66. The Kier molecular flexibility index (Phi) is 3.77. The Hall–Kier alpha value is -1.81. The van der Waals surface area contributed by atoms with Crippen LogP contribution in [0.25, 0.3) is 0 Å². The number of rotatable bonds is 5. The van der Waals surface area contributed by atoms with E-state index < -0.39 is 0 Å². The quantitative estimate of drug-likeness (QED) is 0.825. The van der Waals surface area contributed by atoms with Crippen molar-refractivity contribution in [1.29, 1.82) is 0 Å². The third-order valence-corrected chi connectivity index (χ3v) is 2.54. The highest BCUT2D eigenvalue weighted by molar-refractivity contribution is 5.39. The number of nitrogens with zero attached hydrogens (tertiary/aromatic N) is 2. The van der Waals surface area contributed by atoms with E-state index in [1.807, 2.05) is 6.20 Å². The molecule has 0 saturated carbocycles. The summed E-state index contributed by atoms with van der Waals surface area (Å²) in [5, 5.41) is 16.2. The van der Waals surface area contributed by atoms with Crippen molar-refractivity contribution in [3.05, 3.63) is 47.8 Å². The normalized spacial score (nSPS) is 10.5. The molecule has 0 atom stereocenters. The van der Waals surface area contributed by atoms with Crippen molar-refractivity contribution in [2.24, 2.45) is 0 Å². The Labute approximate surface area is 101 Å². The summed E-state index contributed by atoms with van der Waals surface area (Å²) in [7, 11) is 0. The Bertz CT molecular complexity index is 479. The maximum absolute atomic E-state index is 8.79. The molecule has 0 unspecified atom stereocenters. The topological polar surface area (TPSA) is 50.1 Å².